The van der Waals surface area contributed by atoms with Crippen molar-refractivity contribution in [3.63, 3.8) is 0 Å². The molecular formula is C21H20N2O2. The number of pyridine rings is 1. The molecule has 0 spiro atoms. The number of benzene rings is 1. The molecule has 3 rings (SSSR count). The largest absolute Gasteiger partial charge is 0.464 e. The van der Waals surface area contributed by atoms with E-state index in [0.717, 1.165) is 5.56 Å². The second-order valence-corrected chi connectivity index (χ2v) is 7.07. The number of hydrogen-bond donors (Lipinski definition) is 0. The molecule has 0 atom stereocenters. The van der Waals surface area contributed by atoms with Gasteiger partial charge in [-0.05, 0) is 34.7 Å². The Morgan fingerprint density at radius 2 is 1.84 bits per heavy atom. The maximum Gasteiger partial charge on any atom is 0.269 e. The molecule has 1 aromatic carbocycles. The van der Waals surface area contributed by atoms with Crippen LogP contribution in [0.15, 0.2) is 64.1 Å². The van der Waals surface area contributed by atoms with Crippen molar-refractivity contribution < 1.29 is 4.42 Å². The summed E-state index contributed by atoms with van der Waals surface area (Å²) in [5, 5.41) is 9.41. The van der Waals surface area contributed by atoms with Crippen LogP contribution in [-0.4, -0.2) is 4.57 Å². The number of hydrogen-bond acceptors (Lipinski definition) is 3. The molecule has 0 aliphatic carbocycles. The van der Waals surface area contributed by atoms with Gasteiger partial charge in [-0.3, -0.25) is 4.79 Å². The zero-order chi connectivity index (χ0) is 18.0. The van der Waals surface area contributed by atoms with Gasteiger partial charge in [0.15, 0.2) is 0 Å². The fraction of sp³-hybridized carbons (Fsp3) is 0.238. The van der Waals surface area contributed by atoms with Crippen LogP contribution >= 0.6 is 0 Å². The van der Waals surface area contributed by atoms with Crippen molar-refractivity contribution in [2.24, 2.45) is 0 Å². The van der Waals surface area contributed by atoms with Crippen LogP contribution in [0.5, 0.6) is 0 Å². The highest BCUT2D eigenvalue weighted by atomic mass is 16.3. The van der Waals surface area contributed by atoms with E-state index in [9.17, 15) is 10.1 Å². The molecule has 3 aromatic rings. The SMILES string of the molecule is CC(C)(C)c1ccc(Cn2ccc(-c3ccco3)c(C#N)c2=O)cc1. The number of nitriles is 1. The molecule has 4 heteroatoms. The van der Waals surface area contributed by atoms with Gasteiger partial charge in [-0.1, -0.05) is 45.0 Å². The lowest BCUT2D eigenvalue weighted by Crippen LogP contribution is -2.23. The van der Waals surface area contributed by atoms with Crippen LogP contribution in [0.4, 0.5) is 0 Å². The normalized spacial score (nSPS) is 11.3. The highest BCUT2D eigenvalue weighted by molar-refractivity contribution is 5.64. The van der Waals surface area contributed by atoms with Crippen LogP contribution in [-0.2, 0) is 12.0 Å². The van der Waals surface area contributed by atoms with Crippen LogP contribution in [0.2, 0.25) is 0 Å². The molecule has 2 aromatic heterocycles. The lowest BCUT2D eigenvalue weighted by molar-refractivity contribution is 0.581. The minimum atomic E-state index is -0.309. The standard InChI is InChI=1S/C21H20N2O2/c1-21(2,3)16-8-6-15(7-9-16)14-23-11-10-17(18(13-22)20(23)24)19-5-4-12-25-19/h4-12H,14H2,1-3H3. The summed E-state index contributed by atoms with van der Waals surface area (Å²) in [6, 6.07) is 15.5. The molecular weight excluding hydrogens is 312 g/mol. The first-order chi connectivity index (χ1) is 11.9. The van der Waals surface area contributed by atoms with Crippen molar-refractivity contribution in [1.29, 1.82) is 5.26 Å². The predicted molar refractivity (Wildman–Crippen MR) is 97.4 cm³/mol. The zero-order valence-corrected chi connectivity index (χ0v) is 14.6. The van der Waals surface area contributed by atoms with E-state index in [1.165, 1.54) is 11.8 Å². The summed E-state index contributed by atoms with van der Waals surface area (Å²) >= 11 is 0. The molecule has 4 nitrogen and oxygen atoms in total. The summed E-state index contributed by atoms with van der Waals surface area (Å²) in [5.41, 5.74) is 2.67. The molecule has 2 heterocycles. The summed E-state index contributed by atoms with van der Waals surface area (Å²) in [7, 11) is 0. The van der Waals surface area contributed by atoms with Gasteiger partial charge in [0.1, 0.15) is 17.4 Å². The van der Waals surface area contributed by atoms with Gasteiger partial charge < -0.3 is 8.98 Å². The van der Waals surface area contributed by atoms with Gasteiger partial charge in [0.25, 0.3) is 5.56 Å². The average molecular weight is 332 g/mol. The van der Waals surface area contributed by atoms with Crippen LogP contribution in [0.25, 0.3) is 11.3 Å². The van der Waals surface area contributed by atoms with E-state index >= 15 is 0 Å². The smallest absolute Gasteiger partial charge is 0.269 e. The number of furan rings is 1. The van der Waals surface area contributed by atoms with Gasteiger partial charge in [-0.15, -0.1) is 0 Å². The van der Waals surface area contributed by atoms with Gasteiger partial charge in [0.2, 0.25) is 0 Å². The topological polar surface area (TPSA) is 58.9 Å². The van der Waals surface area contributed by atoms with Crippen LogP contribution in [0.1, 0.15) is 37.5 Å². The Kier molecular flexibility index (Phi) is 4.33. The molecule has 0 fully saturated rings. The van der Waals surface area contributed by atoms with Gasteiger partial charge in [0, 0.05) is 11.8 Å². The Morgan fingerprint density at radius 3 is 2.40 bits per heavy atom. The molecule has 25 heavy (non-hydrogen) atoms. The van der Waals surface area contributed by atoms with Crippen molar-refractivity contribution >= 4 is 0 Å². The van der Waals surface area contributed by atoms with Crippen LogP contribution < -0.4 is 5.56 Å². The molecule has 0 saturated heterocycles. The van der Waals surface area contributed by atoms with Crippen molar-refractivity contribution in [2.45, 2.75) is 32.7 Å². The van der Waals surface area contributed by atoms with Crippen molar-refractivity contribution in [2.75, 3.05) is 0 Å². The Bertz CT molecular complexity index is 967. The molecule has 0 unspecified atom stereocenters. The quantitative estimate of drug-likeness (QED) is 0.717. The molecule has 0 aliphatic heterocycles. The van der Waals surface area contributed by atoms with E-state index in [0.29, 0.717) is 17.9 Å². The van der Waals surface area contributed by atoms with Gasteiger partial charge in [-0.2, -0.15) is 5.26 Å². The first kappa shape index (κ1) is 16.8. The van der Waals surface area contributed by atoms with Gasteiger partial charge in [0.05, 0.1) is 12.8 Å². The second kappa shape index (κ2) is 6.45. The highest BCUT2D eigenvalue weighted by Crippen LogP contribution is 2.23. The molecule has 0 N–H and O–H groups in total. The Labute approximate surface area is 147 Å². The average Bonchev–Trinajstić information content (AvgIpc) is 3.10. The Morgan fingerprint density at radius 1 is 1.12 bits per heavy atom. The van der Waals surface area contributed by atoms with Crippen molar-refractivity contribution in [1.82, 2.24) is 4.57 Å². The summed E-state index contributed by atoms with van der Waals surface area (Å²) in [4.78, 5) is 12.6. The lowest BCUT2D eigenvalue weighted by atomic mass is 9.87. The van der Waals surface area contributed by atoms with Crippen LogP contribution in [0.3, 0.4) is 0 Å². The summed E-state index contributed by atoms with van der Waals surface area (Å²) in [5.74, 6) is 0.523. The maximum atomic E-state index is 12.6. The third-order valence-corrected chi connectivity index (χ3v) is 4.24. The van der Waals surface area contributed by atoms with Gasteiger partial charge in [-0.25, -0.2) is 0 Å². The highest BCUT2D eigenvalue weighted by Gasteiger charge is 2.15. The van der Waals surface area contributed by atoms with Crippen molar-refractivity contribution in [3.8, 4) is 17.4 Å². The monoisotopic (exact) mass is 332 g/mol. The molecule has 0 aliphatic rings. The second-order valence-electron chi connectivity index (χ2n) is 7.07. The minimum absolute atomic E-state index is 0.0913. The summed E-state index contributed by atoms with van der Waals surface area (Å²) < 4.78 is 6.87. The molecule has 0 amide bonds. The third kappa shape index (κ3) is 3.41. The summed E-state index contributed by atoms with van der Waals surface area (Å²) in [6.45, 7) is 6.92. The van der Waals surface area contributed by atoms with E-state index < -0.39 is 0 Å². The fourth-order valence-electron chi connectivity index (χ4n) is 2.75. The predicted octanol–water partition coefficient (Wildman–Crippen LogP) is 4.33. The molecule has 0 bridgehead atoms. The molecule has 126 valence electrons. The molecule has 0 saturated carbocycles. The first-order valence-electron chi connectivity index (χ1n) is 8.17. The maximum absolute atomic E-state index is 12.6. The zero-order valence-electron chi connectivity index (χ0n) is 14.6. The van der Waals surface area contributed by atoms with E-state index in [4.69, 9.17) is 4.42 Å². The van der Waals surface area contributed by atoms with Gasteiger partial charge >= 0.3 is 0 Å². The van der Waals surface area contributed by atoms with E-state index in [2.05, 4.69) is 32.9 Å². The van der Waals surface area contributed by atoms with Crippen LogP contribution in [0, 0.1) is 11.3 Å². The van der Waals surface area contributed by atoms with E-state index in [1.807, 2.05) is 18.2 Å². The minimum Gasteiger partial charge on any atom is -0.464 e. The Balaban J connectivity index is 1.94. The summed E-state index contributed by atoms with van der Waals surface area (Å²) in [6.07, 6.45) is 3.23. The third-order valence-electron chi connectivity index (χ3n) is 4.24. The fourth-order valence-corrected chi connectivity index (χ4v) is 2.75. The molecule has 0 radical (unpaired) electrons. The number of rotatable bonds is 3. The number of nitrogens with zero attached hydrogens (tertiary/aromatic N) is 2. The number of aromatic nitrogens is 1. The van der Waals surface area contributed by atoms with Crippen molar-refractivity contribution in [3.05, 3.63) is 82.0 Å². The Hall–Kier alpha value is -3.06. The van der Waals surface area contributed by atoms with E-state index in [1.54, 1.807) is 29.0 Å². The first-order valence-corrected chi connectivity index (χ1v) is 8.17. The van der Waals surface area contributed by atoms with E-state index in [-0.39, 0.29) is 16.5 Å². The lowest BCUT2D eigenvalue weighted by Gasteiger charge is -2.19.